The number of benzene rings is 3. The van der Waals surface area contributed by atoms with Gasteiger partial charge < -0.3 is 10.3 Å². The van der Waals surface area contributed by atoms with Gasteiger partial charge in [-0.05, 0) is 64.9 Å². The molecule has 3 rings (SSSR count). The van der Waals surface area contributed by atoms with Crippen LogP contribution in [0.2, 0.25) is 0 Å². The minimum atomic E-state index is 0.245. The minimum Gasteiger partial charge on any atom is -0.508 e. The quantitative estimate of drug-likeness (QED) is 0.349. The Labute approximate surface area is 154 Å². The number of hydrogen-bond acceptors (Lipinski definition) is 3. The molecular formula is C23H23NO2. The molecule has 0 amide bonds. The molecular weight excluding hydrogens is 322 g/mol. The fourth-order valence-corrected chi connectivity index (χ4v) is 3.46. The van der Waals surface area contributed by atoms with Crippen molar-refractivity contribution in [3.8, 4) is 28.0 Å². The van der Waals surface area contributed by atoms with E-state index in [-0.39, 0.29) is 5.75 Å². The van der Waals surface area contributed by atoms with Gasteiger partial charge in [0.05, 0.1) is 6.21 Å². The number of aromatic hydroxyl groups is 1. The first-order valence-corrected chi connectivity index (χ1v) is 8.84. The Hall–Kier alpha value is -3.07. The zero-order valence-electron chi connectivity index (χ0n) is 15.1. The highest BCUT2D eigenvalue weighted by Gasteiger charge is 2.17. The van der Waals surface area contributed by atoms with Gasteiger partial charge in [0.1, 0.15) is 5.75 Å². The van der Waals surface area contributed by atoms with Crippen LogP contribution in [0.3, 0.4) is 0 Å². The zero-order chi connectivity index (χ0) is 18.5. The molecule has 0 bridgehead atoms. The monoisotopic (exact) mass is 345 g/mol. The average Bonchev–Trinajstić information content (AvgIpc) is 2.66. The van der Waals surface area contributed by atoms with Crippen LogP contribution in [0.25, 0.3) is 22.3 Å². The molecule has 0 aromatic heterocycles. The first kappa shape index (κ1) is 17.7. The SMILES string of the molecule is CCCc1cc(/C=N\O)c(-c2ccccc2)c(-c2ccc(O)cc2)c1C. The third kappa shape index (κ3) is 3.47. The summed E-state index contributed by atoms with van der Waals surface area (Å²) in [6, 6.07) is 19.5. The van der Waals surface area contributed by atoms with E-state index in [1.807, 2.05) is 30.3 Å². The number of aryl methyl sites for hydroxylation is 1. The lowest BCUT2D eigenvalue weighted by Gasteiger charge is -2.20. The largest absolute Gasteiger partial charge is 0.508 e. The summed E-state index contributed by atoms with van der Waals surface area (Å²) < 4.78 is 0. The second kappa shape index (κ2) is 7.87. The summed E-state index contributed by atoms with van der Waals surface area (Å²) in [5.74, 6) is 0.245. The lowest BCUT2D eigenvalue weighted by molar-refractivity contribution is 0.322. The van der Waals surface area contributed by atoms with E-state index in [1.54, 1.807) is 12.1 Å². The maximum Gasteiger partial charge on any atom is 0.115 e. The topological polar surface area (TPSA) is 52.8 Å². The van der Waals surface area contributed by atoms with E-state index in [9.17, 15) is 10.3 Å². The molecule has 0 heterocycles. The third-order valence-electron chi connectivity index (χ3n) is 4.66. The van der Waals surface area contributed by atoms with Crippen molar-refractivity contribution in [1.82, 2.24) is 0 Å². The van der Waals surface area contributed by atoms with Gasteiger partial charge in [-0.25, -0.2) is 0 Å². The predicted octanol–water partition coefficient (Wildman–Crippen LogP) is 5.80. The van der Waals surface area contributed by atoms with E-state index in [0.717, 1.165) is 40.7 Å². The summed E-state index contributed by atoms with van der Waals surface area (Å²) in [5, 5.41) is 22.2. The van der Waals surface area contributed by atoms with Crippen LogP contribution in [-0.4, -0.2) is 16.5 Å². The van der Waals surface area contributed by atoms with E-state index in [4.69, 9.17) is 0 Å². The fraction of sp³-hybridized carbons (Fsp3) is 0.174. The van der Waals surface area contributed by atoms with Crippen molar-refractivity contribution < 1.29 is 10.3 Å². The van der Waals surface area contributed by atoms with Crippen molar-refractivity contribution in [2.24, 2.45) is 5.16 Å². The summed E-state index contributed by atoms with van der Waals surface area (Å²) in [4.78, 5) is 0. The van der Waals surface area contributed by atoms with Crippen LogP contribution in [-0.2, 0) is 6.42 Å². The smallest absolute Gasteiger partial charge is 0.115 e. The van der Waals surface area contributed by atoms with Gasteiger partial charge in [0.15, 0.2) is 0 Å². The molecule has 3 aromatic carbocycles. The molecule has 0 aliphatic rings. The Morgan fingerprint density at radius 3 is 2.19 bits per heavy atom. The van der Waals surface area contributed by atoms with Gasteiger partial charge in [0.2, 0.25) is 0 Å². The van der Waals surface area contributed by atoms with Crippen molar-refractivity contribution in [3.05, 3.63) is 77.4 Å². The van der Waals surface area contributed by atoms with Crippen molar-refractivity contribution in [2.45, 2.75) is 26.7 Å². The third-order valence-corrected chi connectivity index (χ3v) is 4.66. The lowest BCUT2D eigenvalue weighted by Crippen LogP contribution is -2.01. The minimum absolute atomic E-state index is 0.245. The van der Waals surface area contributed by atoms with Crippen molar-refractivity contribution in [1.29, 1.82) is 0 Å². The molecule has 0 saturated carbocycles. The summed E-state index contributed by atoms with van der Waals surface area (Å²) in [6.45, 7) is 4.30. The molecule has 0 aliphatic carbocycles. The van der Waals surface area contributed by atoms with Gasteiger partial charge in [0.25, 0.3) is 0 Å². The van der Waals surface area contributed by atoms with Crippen molar-refractivity contribution in [3.63, 3.8) is 0 Å². The number of oxime groups is 1. The van der Waals surface area contributed by atoms with Gasteiger partial charge in [-0.15, -0.1) is 0 Å². The predicted molar refractivity (Wildman–Crippen MR) is 107 cm³/mol. The normalized spacial score (nSPS) is 11.2. The highest BCUT2D eigenvalue weighted by Crippen LogP contribution is 2.39. The molecule has 0 unspecified atom stereocenters. The lowest BCUT2D eigenvalue weighted by atomic mass is 9.84. The molecule has 3 heteroatoms. The Morgan fingerprint density at radius 1 is 0.923 bits per heavy atom. The summed E-state index contributed by atoms with van der Waals surface area (Å²) >= 11 is 0. The maximum absolute atomic E-state index is 9.68. The van der Waals surface area contributed by atoms with Crippen molar-refractivity contribution >= 4 is 6.21 Å². The number of phenols is 1. The average molecular weight is 345 g/mol. The number of hydrogen-bond donors (Lipinski definition) is 2. The molecule has 0 spiro atoms. The molecule has 26 heavy (non-hydrogen) atoms. The highest BCUT2D eigenvalue weighted by molar-refractivity contribution is 5.99. The second-order valence-electron chi connectivity index (χ2n) is 6.41. The van der Waals surface area contributed by atoms with E-state index in [0.29, 0.717) is 0 Å². The van der Waals surface area contributed by atoms with Crippen LogP contribution in [0.5, 0.6) is 5.75 Å². The number of phenolic OH excluding ortho intramolecular Hbond substituents is 1. The van der Waals surface area contributed by atoms with E-state index >= 15 is 0 Å². The van der Waals surface area contributed by atoms with E-state index in [1.165, 1.54) is 17.3 Å². The van der Waals surface area contributed by atoms with Crippen molar-refractivity contribution in [2.75, 3.05) is 0 Å². The molecule has 3 aromatic rings. The Bertz CT molecular complexity index is 913. The fourth-order valence-electron chi connectivity index (χ4n) is 3.46. The summed E-state index contributed by atoms with van der Waals surface area (Å²) in [7, 11) is 0. The van der Waals surface area contributed by atoms with E-state index < -0.39 is 0 Å². The van der Waals surface area contributed by atoms with Crippen LogP contribution in [0.4, 0.5) is 0 Å². The first-order chi connectivity index (χ1) is 12.7. The Kier molecular flexibility index (Phi) is 5.37. The molecule has 0 atom stereocenters. The Morgan fingerprint density at radius 2 is 1.58 bits per heavy atom. The van der Waals surface area contributed by atoms with Crippen LogP contribution >= 0.6 is 0 Å². The van der Waals surface area contributed by atoms with Crippen LogP contribution in [0, 0.1) is 6.92 Å². The Balaban J connectivity index is 2.38. The van der Waals surface area contributed by atoms with Gasteiger partial charge in [-0.2, -0.15) is 0 Å². The molecule has 132 valence electrons. The van der Waals surface area contributed by atoms with Gasteiger partial charge >= 0.3 is 0 Å². The van der Waals surface area contributed by atoms with E-state index in [2.05, 4.69) is 37.2 Å². The van der Waals surface area contributed by atoms with Crippen LogP contribution in [0.1, 0.15) is 30.0 Å². The highest BCUT2D eigenvalue weighted by atomic mass is 16.4. The van der Waals surface area contributed by atoms with Gasteiger partial charge in [0, 0.05) is 5.56 Å². The zero-order valence-corrected chi connectivity index (χ0v) is 15.1. The van der Waals surface area contributed by atoms with Crippen LogP contribution < -0.4 is 0 Å². The number of rotatable bonds is 5. The summed E-state index contributed by atoms with van der Waals surface area (Å²) in [6.07, 6.45) is 3.50. The molecule has 0 fully saturated rings. The molecule has 2 N–H and O–H groups in total. The van der Waals surface area contributed by atoms with Crippen LogP contribution in [0.15, 0.2) is 65.8 Å². The summed E-state index contributed by atoms with van der Waals surface area (Å²) in [5.41, 5.74) is 7.58. The standard InChI is InChI=1S/C23H23NO2/c1-3-7-19-14-20(15-24-26)23(17-8-5-4-6-9-17)22(16(19)2)18-10-12-21(25)13-11-18/h4-6,8-15,25-26H,3,7H2,1-2H3/b24-15-. The molecule has 0 radical (unpaired) electrons. The molecule has 0 saturated heterocycles. The molecule has 3 nitrogen and oxygen atoms in total. The maximum atomic E-state index is 9.68. The second-order valence-corrected chi connectivity index (χ2v) is 6.41. The van der Waals surface area contributed by atoms with Gasteiger partial charge in [-0.3, -0.25) is 0 Å². The van der Waals surface area contributed by atoms with Gasteiger partial charge in [-0.1, -0.05) is 61.0 Å². The number of nitrogens with zero attached hydrogens (tertiary/aromatic N) is 1. The molecule has 0 aliphatic heterocycles. The first-order valence-electron chi connectivity index (χ1n) is 8.84.